The van der Waals surface area contributed by atoms with Gasteiger partial charge >= 0.3 is 11.9 Å². The molecule has 0 aliphatic carbocycles. The first kappa shape index (κ1) is 33.9. The number of hydrogen-bond donors (Lipinski definition) is 0. The number of hydrogen-bond acceptors (Lipinski definition) is 6. The Hall–Kier alpha value is -7.18. The standard InChI is InChI=1S/C48H34O6/c1-3-51-41(49)29-53-39-27-35-25-23-31-15-11-13-21-37(31)43(35)45(33-17-7-5-8-18-33)47(39)48-40(54-30-42(50)52-4-2)28-36-26-24-32-16-12-14-22-38(32)44(36)46(48)34-19-9-6-10-20-34/h3-28H,1-2,29-30H2. The van der Waals surface area contributed by atoms with Gasteiger partial charge in [-0.2, -0.15) is 0 Å². The van der Waals surface area contributed by atoms with Crippen LogP contribution in [0.15, 0.2) is 171 Å². The lowest BCUT2D eigenvalue weighted by molar-refractivity contribution is -0.141. The van der Waals surface area contributed by atoms with Crippen LogP contribution in [-0.4, -0.2) is 25.2 Å². The van der Waals surface area contributed by atoms with E-state index in [9.17, 15) is 9.59 Å². The molecule has 6 heteroatoms. The molecule has 8 rings (SSSR count). The van der Waals surface area contributed by atoms with Gasteiger partial charge in [0.25, 0.3) is 0 Å². The number of fused-ring (bicyclic) bond motifs is 6. The van der Waals surface area contributed by atoms with Crippen molar-refractivity contribution < 1.29 is 28.5 Å². The van der Waals surface area contributed by atoms with E-state index in [4.69, 9.17) is 18.9 Å². The van der Waals surface area contributed by atoms with Gasteiger partial charge in [0.1, 0.15) is 11.5 Å². The molecule has 0 fully saturated rings. The minimum absolute atomic E-state index is 0.384. The highest BCUT2D eigenvalue weighted by molar-refractivity contribution is 6.23. The summed E-state index contributed by atoms with van der Waals surface area (Å²) in [5.41, 5.74) is 4.93. The van der Waals surface area contributed by atoms with Crippen molar-refractivity contribution in [2.24, 2.45) is 0 Å². The predicted octanol–water partition coefficient (Wildman–Crippen LogP) is 11.4. The van der Waals surface area contributed by atoms with Crippen LogP contribution < -0.4 is 9.47 Å². The average Bonchev–Trinajstić information content (AvgIpc) is 3.21. The second-order valence-corrected chi connectivity index (χ2v) is 12.6. The van der Waals surface area contributed by atoms with Crippen LogP contribution in [0.4, 0.5) is 0 Å². The lowest BCUT2D eigenvalue weighted by Crippen LogP contribution is -2.14. The molecule has 8 aromatic carbocycles. The fraction of sp³-hybridized carbons (Fsp3) is 0.0417. The second kappa shape index (κ2) is 14.8. The Morgan fingerprint density at radius 3 is 1.22 bits per heavy atom. The number of esters is 2. The Morgan fingerprint density at radius 1 is 0.444 bits per heavy atom. The first-order valence-electron chi connectivity index (χ1n) is 17.5. The van der Waals surface area contributed by atoms with Gasteiger partial charge in [-0.25, -0.2) is 9.59 Å². The summed E-state index contributed by atoms with van der Waals surface area (Å²) in [5.74, 6) is -0.361. The Kier molecular flexibility index (Phi) is 9.31. The summed E-state index contributed by atoms with van der Waals surface area (Å²) in [6.45, 7) is 6.32. The maximum Gasteiger partial charge on any atom is 0.348 e. The molecule has 0 aliphatic rings. The highest BCUT2D eigenvalue weighted by Gasteiger charge is 2.28. The third kappa shape index (κ3) is 6.31. The molecule has 6 nitrogen and oxygen atoms in total. The first-order chi connectivity index (χ1) is 26.6. The minimum atomic E-state index is -0.604. The van der Waals surface area contributed by atoms with Crippen LogP contribution in [0.2, 0.25) is 0 Å². The van der Waals surface area contributed by atoms with Gasteiger partial charge in [-0.05, 0) is 66.3 Å². The first-order valence-corrected chi connectivity index (χ1v) is 17.5. The zero-order valence-corrected chi connectivity index (χ0v) is 29.3. The summed E-state index contributed by atoms with van der Waals surface area (Å²) < 4.78 is 23.2. The number of carbonyl (C=O) groups is 2. The third-order valence-corrected chi connectivity index (χ3v) is 9.48. The van der Waals surface area contributed by atoms with Crippen LogP contribution in [0, 0.1) is 0 Å². The SMILES string of the molecule is C=COC(=O)COc1cc2ccc3ccccc3c2c(-c2ccccc2)c1-c1c(OCC(=O)OC=C)cc2ccc3ccccc3c2c1-c1ccccc1. The third-order valence-electron chi connectivity index (χ3n) is 9.48. The lowest BCUT2D eigenvalue weighted by Gasteiger charge is -2.25. The number of benzene rings is 8. The normalized spacial score (nSPS) is 11.0. The van der Waals surface area contributed by atoms with Crippen LogP contribution in [0.3, 0.4) is 0 Å². The average molecular weight is 707 g/mol. The van der Waals surface area contributed by atoms with Crippen molar-refractivity contribution in [3.8, 4) is 44.9 Å². The Bertz CT molecular complexity index is 2540. The van der Waals surface area contributed by atoms with E-state index in [2.05, 4.69) is 86.0 Å². The van der Waals surface area contributed by atoms with E-state index in [0.717, 1.165) is 77.9 Å². The molecule has 54 heavy (non-hydrogen) atoms. The van der Waals surface area contributed by atoms with E-state index in [1.165, 1.54) is 0 Å². The molecule has 0 N–H and O–H groups in total. The molecule has 0 aliphatic heterocycles. The van der Waals surface area contributed by atoms with Crippen molar-refractivity contribution in [3.63, 3.8) is 0 Å². The molecular weight excluding hydrogens is 673 g/mol. The quantitative estimate of drug-likeness (QED) is 0.0757. The van der Waals surface area contributed by atoms with E-state index in [1.54, 1.807) is 0 Å². The van der Waals surface area contributed by atoms with Gasteiger partial charge in [-0.3, -0.25) is 0 Å². The summed E-state index contributed by atoms with van der Waals surface area (Å²) in [5, 5.41) is 8.00. The van der Waals surface area contributed by atoms with Crippen molar-refractivity contribution in [1.29, 1.82) is 0 Å². The molecule has 0 saturated heterocycles. The smallest absolute Gasteiger partial charge is 0.348 e. The largest absolute Gasteiger partial charge is 0.481 e. The van der Waals surface area contributed by atoms with Gasteiger partial charge in [0.2, 0.25) is 0 Å². The van der Waals surface area contributed by atoms with Crippen molar-refractivity contribution in [3.05, 3.63) is 171 Å². The molecular formula is C48H34O6. The van der Waals surface area contributed by atoms with Crippen molar-refractivity contribution >= 4 is 55.0 Å². The fourth-order valence-corrected chi connectivity index (χ4v) is 7.34. The van der Waals surface area contributed by atoms with Gasteiger partial charge in [0.05, 0.1) is 12.5 Å². The Morgan fingerprint density at radius 2 is 0.815 bits per heavy atom. The molecule has 0 radical (unpaired) electrons. The lowest BCUT2D eigenvalue weighted by atomic mass is 9.81. The van der Waals surface area contributed by atoms with Crippen LogP contribution in [0.5, 0.6) is 11.5 Å². The van der Waals surface area contributed by atoms with Crippen LogP contribution in [0.25, 0.3) is 76.5 Å². The molecule has 0 spiro atoms. The van der Waals surface area contributed by atoms with Crippen molar-refractivity contribution in [1.82, 2.24) is 0 Å². The molecule has 262 valence electrons. The molecule has 0 aromatic heterocycles. The molecule has 0 amide bonds. The summed E-state index contributed by atoms with van der Waals surface area (Å²) in [4.78, 5) is 25.7. The number of rotatable bonds is 11. The van der Waals surface area contributed by atoms with E-state index >= 15 is 0 Å². The van der Waals surface area contributed by atoms with E-state index < -0.39 is 11.9 Å². The zero-order chi connectivity index (χ0) is 37.0. The van der Waals surface area contributed by atoms with E-state index in [-0.39, 0.29) is 13.2 Å². The maximum atomic E-state index is 12.9. The number of carbonyl (C=O) groups excluding carboxylic acids is 2. The van der Waals surface area contributed by atoms with Gasteiger partial charge in [0.15, 0.2) is 13.2 Å². The van der Waals surface area contributed by atoms with Crippen LogP contribution in [-0.2, 0) is 19.1 Å². The molecule has 0 unspecified atom stereocenters. The van der Waals surface area contributed by atoms with Gasteiger partial charge < -0.3 is 18.9 Å². The molecule has 0 heterocycles. The monoisotopic (exact) mass is 706 g/mol. The highest BCUT2D eigenvalue weighted by Crippen LogP contribution is 2.54. The van der Waals surface area contributed by atoms with Gasteiger partial charge in [-0.15, -0.1) is 0 Å². The predicted molar refractivity (Wildman–Crippen MR) is 216 cm³/mol. The maximum absolute atomic E-state index is 12.9. The highest BCUT2D eigenvalue weighted by atomic mass is 16.6. The Balaban J connectivity index is 1.61. The molecule has 0 bridgehead atoms. The summed E-state index contributed by atoms with van der Waals surface area (Å²) in [6, 6.07) is 49.0. The molecule has 8 aromatic rings. The summed E-state index contributed by atoms with van der Waals surface area (Å²) in [7, 11) is 0. The topological polar surface area (TPSA) is 71.1 Å². The van der Waals surface area contributed by atoms with Crippen LogP contribution in [0.1, 0.15) is 0 Å². The summed E-state index contributed by atoms with van der Waals surface area (Å²) >= 11 is 0. The molecule has 0 saturated carbocycles. The zero-order valence-electron chi connectivity index (χ0n) is 29.3. The van der Waals surface area contributed by atoms with Crippen molar-refractivity contribution in [2.75, 3.05) is 13.2 Å². The molecule has 0 atom stereocenters. The summed E-state index contributed by atoms with van der Waals surface area (Å²) in [6.07, 6.45) is 2.18. The van der Waals surface area contributed by atoms with Crippen molar-refractivity contribution in [2.45, 2.75) is 0 Å². The second-order valence-electron chi connectivity index (χ2n) is 12.6. The van der Waals surface area contributed by atoms with Crippen LogP contribution >= 0.6 is 0 Å². The fourth-order valence-electron chi connectivity index (χ4n) is 7.34. The Labute approximate surface area is 312 Å². The minimum Gasteiger partial charge on any atom is -0.481 e. The van der Waals surface area contributed by atoms with Gasteiger partial charge in [-0.1, -0.05) is 147 Å². The van der Waals surface area contributed by atoms with E-state index in [0.29, 0.717) is 22.6 Å². The van der Waals surface area contributed by atoms with Gasteiger partial charge in [0, 0.05) is 22.3 Å². The number of ether oxygens (including phenoxy) is 4. The van der Waals surface area contributed by atoms with E-state index in [1.807, 2.05) is 72.8 Å².